The number of carbonyl (C=O) groups excluding carboxylic acids is 2. The molecule has 3 aliphatic heterocycles. The van der Waals surface area contributed by atoms with Crippen LogP contribution in [0.15, 0.2) is 64.4 Å². The van der Waals surface area contributed by atoms with E-state index >= 15 is 0 Å². The SMILES string of the molecule is C[C@@H](N1CN([C@@H]2c3ccccc3SCc3c(Cl)cccc32)n2ccc(=O)c(OC(=O)C3CCOCC3)c2C1=O)C(F)(F)F. The van der Waals surface area contributed by atoms with Gasteiger partial charge in [-0.1, -0.05) is 41.9 Å². The number of aromatic nitrogens is 1. The lowest BCUT2D eigenvalue weighted by Crippen LogP contribution is -2.60. The van der Waals surface area contributed by atoms with E-state index in [9.17, 15) is 27.6 Å². The van der Waals surface area contributed by atoms with Crippen LogP contribution >= 0.6 is 23.4 Å². The lowest BCUT2D eigenvalue weighted by Gasteiger charge is -2.46. The van der Waals surface area contributed by atoms with Gasteiger partial charge in [-0.25, -0.2) is 0 Å². The van der Waals surface area contributed by atoms with E-state index in [2.05, 4.69) is 0 Å². The fraction of sp³-hybridized carbons (Fsp3) is 0.367. The summed E-state index contributed by atoms with van der Waals surface area (Å²) in [5, 5.41) is 2.09. The van der Waals surface area contributed by atoms with Crippen LogP contribution in [0.5, 0.6) is 5.75 Å². The average Bonchev–Trinajstić information content (AvgIpc) is 3.16. The fourth-order valence-electron chi connectivity index (χ4n) is 5.70. The molecule has 0 radical (unpaired) electrons. The number of hydrogen-bond donors (Lipinski definition) is 0. The fourth-order valence-corrected chi connectivity index (χ4v) is 7.17. The third-order valence-electron chi connectivity index (χ3n) is 8.10. The minimum atomic E-state index is -4.77. The zero-order valence-corrected chi connectivity index (χ0v) is 24.5. The summed E-state index contributed by atoms with van der Waals surface area (Å²) in [6, 6.07) is 11.1. The number of thioether (sulfide) groups is 1. The van der Waals surface area contributed by atoms with Crippen molar-refractivity contribution in [3.63, 3.8) is 0 Å². The third-order valence-corrected chi connectivity index (χ3v) is 9.57. The molecule has 4 heterocycles. The predicted octanol–water partition coefficient (Wildman–Crippen LogP) is 5.53. The zero-order valence-electron chi connectivity index (χ0n) is 23.0. The molecule has 8 nitrogen and oxygen atoms in total. The van der Waals surface area contributed by atoms with Crippen molar-refractivity contribution >= 4 is 35.2 Å². The van der Waals surface area contributed by atoms with E-state index in [1.54, 1.807) is 28.9 Å². The molecule has 2 aromatic carbocycles. The molecular formula is C30H27ClF3N3O5S. The molecule has 1 saturated heterocycles. The van der Waals surface area contributed by atoms with Gasteiger partial charge in [0.15, 0.2) is 5.69 Å². The number of halogens is 4. The first-order valence-electron chi connectivity index (χ1n) is 13.7. The van der Waals surface area contributed by atoms with Gasteiger partial charge in [0.05, 0.1) is 12.0 Å². The number of esters is 1. The maximum absolute atomic E-state index is 14.2. The highest BCUT2D eigenvalue weighted by Crippen LogP contribution is 2.45. The van der Waals surface area contributed by atoms with Gasteiger partial charge in [-0.2, -0.15) is 13.2 Å². The van der Waals surface area contributed by atoms with Crippen molar-refractivity contribution < 1.29 is 32.2 Å². The molecule has 0 N–H and O–H groups in total. The molecule has 0 unspecified atom stereocenters. The first kappa shape index (κ1) is 29.6. The van der Waals surface area contributed by atoms with Crippen LogP contribution in [0.25, 0.3) is 0 Å². The molecule has 1 aromatic heterocycles. The Balaban J connectivity index is 1.56. The minimum Gasteiger partial charge on any atom is -0.420 e. The third kappa shape index (κ3) is 5.40. The van der Waals surface area contributed by atoms with Gasteiger partial charge >= 0.3 is 12.1 Å². The van der Waals surface area contributed by atoms with Crippen molar-refractivity contribution in [2.45, 2.75) is 48.7 Å². The number of fused-ring (bicyclic) bond motifs is 3. The van der Waals surface area contributed by atoms with Crippen molar-refractivity contribution in [3.8, 4) is 5.75 Å². The molecule has 0 spiro atoms. The molecule has 0 bridgehead atoms. The number of carbonyl (C=O) groups is 2. The van der Waals surface area contributed by atoms with Crippen molar-refractivity contribution in [1.82, 2.24) is 9.58 Å². The Labute approximate surface area is 254 Å². The largest absolute Gasteiger partial charge is 0.420 e. The standard InChI is InChI=1S/C30H27ClF3N3O5S/c1-17(30(32,33)34)35-16-37(25-19-6-4-7-22(31)21(19)15-43-24-8-3-2-5-20(24)25)36-12-9-23(38)27(26(36)28(35)39)42-29(40)18-10-13-41-14-11-18/h2-9,12,17-18,25H,10-11,13-16H2,1H3/t17-,25+/m1/s1. The normalized spacial score (nSPS) is 19.7. The van der Waals surface area contributed by atoms with E-state index in [1.807, 2.05) is 30.3 Å². The average molecular weight is 634 g/mol. The summed E-state index contributed by atoms with van der Waals surface area (Å²) in [7, 11) is 0. The van der Waals surface area contributed by atoms with Gasteiger partial charge in [0.25, 0.3) is 5.91 Å². The maximum Gasteiger partial charge on any atom is 0.408 e. The molecule has 6 rings (SSSR count). The first-order valence-corrected chi connectivity index (χ1v) is 15.1. The molecular weight excluding hydrogens is 607 g/mol. The monoisotopic (exact) mass is 633 g/mol. The highest BCUT2D eigenvalue weighted by Gasteiger charge is 2.48. The quantitative estimate of drug-likeness (QED) is 0.350. The van der Waals surface area contributed by atoms with Crippen molar-refractivity contribution in [3.05, 3.63) is 92.4 Å². The Hall–Kier alpha value is -3.48. The van der Waals surface area contributed by atoms with Gasteiger partial charge in [-0.3, -0.25) is 24.1 Å². The van der Waals surface area contributed by atoms with E-state index in [4.69, 9.17) is 21.1 Å². The number of alkyl halides is 3. The van der Waals surface area contributed by atoms with Gasteiger partial charge in [0, 0.05) is 41.1 Å². The molecule has 2 atom stereocenters. The van der Waals surface area contributed by atoms with E-state index < -0.39 is 59.6 Å². The van der Waals surface area contributed by atoms with Gasteiger partial charge < -0.3 is 14.4 Å². The summed E-state index contributed by atoms with van der Waals surface area (Å²) in [5.41, 5.74) is 1.09. The number of amides is 1. The summed E-state index contributed by atoms with van der Waals surface area (Å²) in [6.45, 7) is 1.08. The van der Waals surface area contributed by atoms with Crippen molar-refractivity contribution in [2.75, 3.05) is 24.9 Å². The highest BCUT2D eigenvalue weighted by atomic mass is 35.5. The second kappa shape index (κ2) is 11.5. The molecule has 13 heteroatoms. The topological polar surface area (TPSA) is 81.1 Å². The molecule has 0 saturated carbocycles. The number of rotatable bonds is 4. The van der Waals surface area contributed by atoms with Crippen LogP contribution in [-0.2, 0) is 15.3 Å². The van der Waals surface area contributed by atoms with Crippen LogP contribution < -0.4 is 15.2 Å². The van der Waals surface area contributed by atoms with Crippen LogP contribution in [0, 0.1) is 5.92 Å². The second-order valence-electron chi connectivity index (χ2n) is 10.6. The van der Waals surface area contributed by atoms with Gasteiger partial charge in [0.1, 0.15) is 12.7 Å². The molecule has 226 valence electrons. The summed E-state index contributed by atoms with van der Waals surface area (Å²) >= 11 is 8.19. The Bertz CT molecular complexity index is 1640. The van der Waals surface area contributed by atoms with Crippen LogP contribution in [0.4, 0.5) is 13.2 Å². The number of pyridine rings is 1. The smallest absolute Gasteiger partial charge is 0.408 e. The summed E-state index contributed by atoms with van der Waals surface area (Å²) in [4.78, 5) is 41.7. The first-order chi connectivity index (χ1) is 20.6. The summed E-state index contributed by atoms with van der Waals surface area (Å²) < 4.78 is 54.8. The van der Waals surface area contributed by atoms with Gasteiger partial charge in [-0.15, -0.1) is 11.8 Å². The Kier molecular flexibility index (Phi) is 7.95. The van der Waals surface area contributed by atoms with Crippen LogP contribution in [0.3, 0.4) is 0 Å². The number of benzene rings is 2. The van der Waals surface area contributed by atoms with E-state index in [0.717, 1.165) is 34.6 Å². The van der Waals surface area contributed by atoms with E-state index in [-0.39, 0.29) is 0 Å². The Morgan fingerprint density at radius 2 is 1.79 bits per heavy atom. The predicted molar refractivity (Wildman–Crippen MR) is 154 cm³/mol. The molecule has 43 heavy (non-hydrogen) atoms. The summed E-state index contributed by atoms with van der Waals surface area (Å²) in [6.07, 6.45) is -2.71. The highest BCUT2D eigenvalue weighted by molar-refractivity contribution is 7.98. The Morgan fingerprint density at radius 1 is 1.07 bits per heavy atom. The van der Waals surface area contributed by atoms with Crippen LogP contribution in [0.2, 0.25) is 5.02 Å². The molecule has 0 aliphatic carbocycles. The van der Waals surface area contributed by atoms with Crippen molar-refractivity contribution in [2.24, 2.45) is 5.92 Å². The second-order valence-corrected chi connectivity index (χ2v) is 12.0. The lowest BCUT2D eigenvalue weighted by atomic mass is 9.94. The van der Waals surface area contributed by atoms with Crippen LogP contribution in [0.1, 0.15) is 53.0 Å². The molecule has 1 amide bonds. The maximum atomic E-state index is 14.2. The van der Waals surface area contributed by atoms with Crippen LogP contribution in [-0.4, -0.2) is 53.6 Å². The zero-order chi connectivity index (χ0) is 30.5. The minimum absolute atomic E-state index is 0.330. The number of nitrogens with zero attached hydrogens (tertiary/aromatic N) is 3. The van der Waals surface area contributed by atoms with Crippen molar-refractivity contribution in [1.29, 1.82) is 0 Å². The number of hydrogen-bond acceptors (Lipinski definition) is 7. The van der Waals surface area contributed by atoms with Gasteiger partial charge in [0.2, 0.25) is 11.2 Å². The lowest BCUT2D eigenvalue weighted by molar-refractivity contribution is -0.173. The molecule has 3 aromatic rings. The van der Waals surface area contributed by atoms with Gasteiger partial charge in [-0.05, 0) is 48.6 Å². The molecule has 3 aliphatic rings. The Morgan fingerprint density at radius 3 is 2.53 bits per heavy atom. The summed E-state index contributed by atoms with van der Waals surface area (Å²) in [5.74, 6) is -2.47. The van der Waals surface area contributed by atoms with E-state index in [0.29, 0.717) is 41.7 Å². The van der Waals surface area contributed by atoms with E-state index in [1.165, 1.54) is 10.9 Å². The molecule has 1 fully saturated rings. The number of ether oxygens (including phenoxy) is 2.